The summed E-state index contributed by atoms with van der Waals surface area (Å²) < 4.78 is 24.5. The third kappa shape index (κ3) is 2.27. The van der Waals surface area contributed by atoms with Crippen LogP contribution in [-0.4, -0.2) is 10.1 Å². The Morgan fingerprint density at radius 2 is 2.08 bits per heavy atom. The molecule has 0 aromatic carbocycles. The smallest absolute Gasteiger partial charge is 0.265 e. The minimum Gasteiger partial charge on any atom is -0.390 e. The van der Waals surface area contributed by atoms with Crippen LogP contribution in [0.15, 0.2) is 6.07 Å². The van der Waals surface area contributed by atoms with Crippen molar-refractivity contribution in [2.75, 3.05) is 0 Å². The fourth-order valence-electron chi connectivity index (χ4n) is 0.831. The van der Waals surface area contributed by atoms with Gasteiger partial charge in [0.25, 0.3) is 6.43 Å². The summed E-state index contributed by atoms with van der Waals surface area (Å²) in [5.74, 6) is 0. The average molecular weight is 228 g/mol. The highest BCUT2D eigenvalue weighted by Gasteiger charge is 2.16. The van der Waals surface area contributed by atoms with Gasteiger partial charge < -0.3 is 5.11 Å². The Balaban J connectivity index is 3.25. The van der Waals surface area contributed by atoms with E-state index in [1.807, 2.05) is 0 Å². The van der Waals surface area contributed by atoms with E-state index in [1.54, 1.807) is 0 Å². The van der Waals surface area contributed by atoms with Crippen LogP contribution in [0.2, 0.25) is 10.2 Å². The molecule has 6 heteroatoms. The highest BCUT2D eigenvalue weighted by molar-refractivity contribution is 6.41. The Morgan fingerprint density at radius 1 is 1.46 bits per heavy atom. The van der Waals surface area contributed by atoms with Crippen molar-refractivity contribution in [2.24, 2.45) is 0 Å². The molecule has 0 unspecified atom stereocenters. The fourth-order valence-corrected chi connectivity index (χ4v) is 1.15. The normalized spacial score (nSPS) is 10.9. The quantitative estimate of drug-likeness (QED) is 0.789. The van der Waals surface area contributed by atoms with Crippen LogP contribution >= 0.6 is 23.2 Å². The molecule has 0 saturated carbocycles. The third-order valence-electron chi connectivity index (χ3n) is 1.43. The van der Waals surface area contributed by atoms with Crippen molar-refractivity contribution in [1.82, 2.24) is 4.98 Å². The van der Waals surface area contributed by atoms with Crippen LogP contribution in [0.1, 0.15) is 17.7 Å². The Bertz CT molecular complexity index is 320. The zero-order chi connectivity index (χ0) is 10.0. The van der Waals surface area contributed by atoms with Gasteiger partial charge in [0, 0.05) is 5.56 Å². The predicted octanol–water partition coefficient (Wildman–Crippen LogP) is 2.82. The van der Waals surface area contributed by atoms with Crippen molar-refractivity contribution in [3.8, 4) is 0 Å². The van der Waals surface area contributed by atoms with E-state index in [2.05, 4.69) is 4.98 Å². The van der Waals surface area contributed by atoms with Crippen LogP contribution in [0.3, 0.4) is 0 Å². The summed E-state index contributed by atoms with van der Waals surface area (Å²) in [5.41, 5.74) is -0.540. The number of halogens is 4. The monoisotopic (exact) mass is 227 g/mol. The average Bonchev–Trinajstić information content (AvgIpc) is 2.08. The number of alkyl halides is 2. The van der Waals surface area contributed by atoms with E-state index in [-0.39, 0.29) is 15.9 Å². The van der Waals surface area contributed by atoms with Gasteiger partial charge in [0.15, 0.2) is 0 Å². The largest absolute Gasteiger partial charge is 0.390 e. The van der Waals surface area contributed by atoms with Crippen molar-refractivity contribution >= 4 is 23.2 Å². The zero-order valence-electron chi connectivity index (χ0n) is 6.27. The van der Waals surface area contributed by atoms with Gasteiger partial charge in [0.2, 0.25) is 0 Å². The molecule has 0 aliphatic heterocycles. The Labute approximate surface area is 83.1 Å². The Kier molecular flexibility index (Phi) is 3.41. The van der Waals surface area contributed by atoms with E-state index >= 15 is 0 Å². The van der Waals surface area contributed by atoms with E-state index in [0.717, 1.165) is 6.07 Å². The Hall–Kier alpha value is -0.450. The lowest BCUT2D eigenvalue weighted by Gasteiger charge is -2.06. The highest BCUT2D eigenvalue weighted by Crippen LogP contribution is 2.28. The molecule has 0 saturated heterocycles. The van der Waals surface area contributed by atoms with Crippen molar-refractivity contribution < 1.29 is 13.9 Å². The number of aliphatic hydroxyl groups is 1. The van der Waals surface area contributed by atoms with Gasteiger partial charge in [-0.15, -0.1) is 0 Å². The van der Waals surface area contributed by atoms with Crippen LogP contribution in [-0.2, 0) is 6.61 Å². The minimum atomic E-state index is -2.72. The van der Waals surface area contributed by atoms with Crippen LogP contribution < -0.4 is 0 Å². The van der Waals surface area contributed by atoms with Crippen LogP contribution in [0, 0.1) is 0 Å². The molecule has 1 aromatic heterocycles. The summed E-state index contributed by atoms with van der Waals surface area (Å²) in [6.45, 7) is -0.587. The van der Waals surface area contributed by atoms with E-state index < -0.39 is 18.6 Å². The van der Waals surface area contributed by atoms with Crippen LogP contribution in [0.5, 0.6) is 0 Å². The van der Waals surface area contributed by atoms with Crippen molar-refractivity contribution in [3.05, 3.63) is 27.5 Å². The van der Waals surface area contributed by atoms with Gasteiger partial charge in [0.1, 0.15) is 5.15 Å². The zero-order valence-corrected chi connectivity index (χ0v) is 7.78. The predicted molar refractivity (Wildman–Crippen MR) is 45.1 cm³/mol. The molecule has 0 radical (unpaired) electrons. The highest BCUT2D eigenvalue weighted by atomic mass is 35.5. The first-order valence-electron chi connectivity index (χ1n) is 3.30. The molecule has 1 rings (SSSR count). The lowest BCUT2D eigenvalue weighted by molar-refractivity contribution is 0.146. The SMILES string of the molecule is OCc1nc(Cl)c(Cl)cc1C(F)F. The molecule has 0 aliphatic carbocycles. The maximum Gasteiger partial charge on any atom is 0.265 e. The van der Waals surface area contributed by atoms with Gasteiger partial charge >= 0.3 is 0 Å². The molecule has 1 aromatic rings. The van der Waals surface area contributed by atoms with Gasteiger partial charge in [-0.2, -0.15) is 0 Å². The minimum absolute atomic E-state index is 0.0471. The molecule has 13 heavy (non-hydrogen) atoms. The third-order valence-corrected chi connectivity index (χ3v) is 2.10. The molecule has 2 nitrogen and oxygen atoms in total. The summed E-state index contributed by atoms with van der Waals surface area (Å²) in [7, 11) is 0. The number of pyridine rings is 1. The maximum absolute atomic E-state index is 12.3. The number of rotatable bonds is 2. The molecule has 0 amide bonds. The Morgan fingerprint density at radius 3 is 2.54 bits per heavy atom. The lowest BCUT2D eigenvalue weighted by atomic mass is 10.2. The first-order valence-corrected chi connectivity index (χ1v) is 4.05. The van der Waals surface area contributed by atoms with Gasteiger partial charge in [-0.25, -0.2) is 13.8 Å². The van der Waals surface area contributed by atoms with Crippen LogP contribution in [0.25, 0.3) is 0 Å². The second kappa shape index (κ2) is 4.17. The number of hydrogen-bond acceptors (Lipinski definition) is 2. The standard InChI is InChI=1S/C7H5Cl2F2NO/c8-4-1-3(7(10)11)5(2-13)12-6(4)9/h1,7,13H,2H2. The van der Waals surface area contributed by atoms with E-state index in [0.29, 0.717) is 0 Å². The molecule has 72 valence electrons. The number of aromatic nitrogens is 1. The number of nitrogens with zero attached hydrogens (tertiary/aromatic N) is 1. The number of hydrogen-bond donors (Lipinski definition) is 1. The summed E-state index contributed by atoms with van der Waals surface area (Å²) in [6.07, 6.45) is -2.72. The second-order valence-electron chi connectivity index (χ2n) is 2.26. The fraction of sp³-hybridized carbons (Fsp3) is 0.286. The molecule has 1 heterocycles. The van der Waals surface area contributed by atoms with E-state index in [1.165, 1.54) is 0 Å². The molecule has 0 bridgehead atoms. The summed E-state index contributed by atoms with van der Waals surface area (Å²) in [5, 5.41) is 8.55. The van der Waals surface area contributed by atoms with Crippen molar-refractivity contribution in [2.45, 2.75) is 13.0 Å². The summed E-state index contributed by atoms with van der Waals surface area (Å²) in [4.78, 5) is 3.52. The van der Waals surface area contributed by atoms with Crippen LogP contribution in [0.4, 0.5) is 8.78 Å². The van der Waals surface area contributed by atoms with Gasteiger partial charge in [0.05, 0.1) is 17.3 Å². The summed E-state index contributed by atoms with van der Waals surface area (Å²) in [6, 6.07) is 1.01. The maximum atomic E-state index is 12.3. The van der Waals surface area contributed by atoms with Gasteiger partial charge in [-0.05, 0) is 6.07 Å². The van der Waals surface area contributed by atoms with Crippen molar-refractivity contribution in [1.29, 1.82) is 0 Å². The lowest BCUT2D eigenvalue weighted by Crippen LogP contribution is -1.99. The van der Waals surface area contributed by atoms with E-state index in [4.69, 9.17) is 28.3 Å². The summed E-state index contributed by atoms with van der Waals surface area (Å²) >= 11 is 10.9. The molecule has 0 atom stereocenters. The molecule has 0 fully saturated rings. The van der Waals surface area contributed by atoms with E-state index in [9.17, 15) is 8.78 Å². The molecule has 0 aliphatic rings. The molecule has 1 N–H and O–H groups in total. The number of aliphatic hydroxyl groups excluding tert-OH is 1. The first kappa shape index (κ1) is 10.6. The second-order valence-corrected chi connectivity index (χ2v) is 3.02. The molecular formula is C7H5Cl2F2NO. The molecule has 0 spiro atoms. The topological polar surface area (TPSA) is 33.1 Å². The van der Waals surface area contributed by atoms with Gasteiger partial charge in [-0.3, -0.25) is 0 Å². The molecular weight excluding hydrogens is 223 g/mol. The van der Waals surface area contributed by atoms with Gasteiger partial charge in [-0.1, -0.05) is 23.2 Å². The van der Waals surface area contributed by atoms with Crippen molar-refractivity contribution in [3.63, 3.8) is 0 Å². The first-order chi connectivity index (χ1) is 6.06.